The van der Waals surface area contributed by atoms with Gasteiger partial charge in [0.15, 0.2) is 5.96 Å². The van der Waals surface area contributed by atoms with E-state index in [1.54, 1.807) is 0 Å². The second-order valence-corrected chi connectivity index (χ2v) is 5.06. The van der Waals surface area contributed by atoms with E-state index >= 15 is 0 Å². The van der Waals surface area contributed by atoms with E-state index in [4.69, 9.17) is 4.74 Å². The topological polar surface area (TPSA) is 57.1 Å². The lowest BCUT2D eigenvalue weighted by molar-refractivity contribution is 0.153. The summed E-state index contributed by atoms with van der Waals surface area (Å²) in [5, 5.41) is 12.9. The molecule has 0 aromatic heterocycles. The molecule has 19 heavy (non-hydrogen) atoms. The number of rotatable bonds is 4. The molecule has 5 heteroatoms. The van der Waals surface area contributed by atoms with Gasteiger partial charge in [-0.2, -0.15) is 0 Å². The summed E-state index contributed by atoms with van der Waals surface area (Å²) in [6, 6.07) is 0. The Morgan fingerprint density at radius 1 is 1.63 bits per heavy atom. The minimum Gasteiger partial charge on any atom is -0.391 e. The van der Waals surface area contributed by atoms with Crippen LogP contribution in [0.15, 0.2) is 16.6 Å². The molecule has 0 saturated carbocycles. The van der Waals surface area contributed by atoms with Crippen LogP contribution < -0.4 is 5.32 Å². The number of aliphatic hydroxyl groups is 1. The van der Waals surface area contributed by atoms with Gasteiger partial charge in [0.25, 0.3) is 0 Å². The quantitative estimate of drug-likeness (QED) is 0.448. The fourth-order valence-corrected chi connectivity index (χ4v) is 2.46. The highest BCUT2D eigenvalue weighted by atomic mass is 16.5. The fourth-order valence-electron chi connectivity index (χ4n) is 2.46. The van der Waals surface area contributed by atoms with Crippen LogP contribution in [0.1, 0.15) is 26.2 Å². The Hall–Kier alpha value is -1.07. The molecule has 0 aliphatic carbocycles. The van der Waals surface area contributed by atoms with Gasteiger partial charge in [-0.25, -0.2) is 0 Å². The summed E-state index contributed by atoms with van der Waals surface area (Å²) in [6.07, 6.45) is 4.85. The molecule has 0 aromatic rings. The van der Waals surface area contributed by atoms with Gasteiger partial charge in [0.05, 0.1) is 19.3 Å². The number of nitrogens with one attached hydrogen (secondary N) is 1. The second kappa shape index (κ2) is 7.50. The zero-order valence-electron chi connectivity index (χ0n) is 11.8. The van der Waals surface area contributed by atoms with Crippen LogP contribution in [0.3, 0.4) is 0 Å². The Kier molecular flexibility index (Phi) is 5.66. The molecular formula is C14H25N3O2. The molecule has 1 saturated heterocycles. The lowest BCUT2D eigenvalue weighted by Crippen LogP contribution is -2.40. The van der Waals surface area contributed by atoms with E-state index < -0.39 is 0 Å². The maximum Gasteiger partial charge on any atom is 0.194 e. The van der Waals surface area contributed by atoms with Crippen LogP contribution in [0.5, 0.6) is 0 Å². The van der Waals surface area contributed by atoms with Crippen molar-refractivity contribution in [3.05, 3.63) is 11.6 Å². The predicted octanol–water partition coefficient (Wildman–Crippen LogP) is 0.755. The lowest BCUT2D eigenvalue weighted by atomic mass is 10.1. The summed E-state index contributed by atoms with van der Waals surface area (Å²) in [7, 11) is 0. The van der Waals surface area contributed by atoms with Crippen molar-refractivity contribution >= 4 is 5.96 Å². The Morgan fingerprint density at radius 3 is 3.16 bits per heavy atom. The molecule has 0 aromatic carbocycles. The van der Waals surface area contributed by atoms with Crippen LogP contribution in [0.25, 0.3) is 0 Å². The molecule has 0 bridgehead atoms. The van der Waals surface area contributed by atoms with Crippen LogP contribution in [-0.4, -0.2) is 61.5 Å². The molecule has 2 aliphatic heterocycles. The van der Waals surface area contributed by atoms with Crippen molar-refractivity contribution in [3.63, 3.8) is 0 Å². The van der Waals surface area contributed by atoms with Gasteiger partial charge in [0, 0.05) is 26.2 Å². The van der Waals surface area contributed by atoms with Crippen molar-refractivity contribution in [2.45, 2.75) is 32.3 Å². The predicted molar refractivity (Wildman–Crippen MR) is 76.3 cm³/mol. The van der Waals surface area contributed by atoms with Crippen LogP contribution >= 0.6 is 0 Å². The molecule has 2 aliphatic rings. The van der Waals surface area contributed by atoms with E-state index in [0.717, 1.165) is 58.1 Å². The molecule has 2 N–H and O–H groups in total. The van der Waals surface area contributed by atoms with Crippen molar-refractivity contribution in [3.8, 4) is 0 Å². The Bertz CT molecular complexity index is 342. The van der Waals surface area contributed by atoms with Gasteiger partial charge >= 0.3 is 0 Å². The molecule has 0 unspecified atom stereocenters. The zero-order chi connectivity index (χ0) is 13.5. The third-order valence-corrected chi connectivity index (χ3v) is 3.55. The van der Waals surface area contributed by atoms with Crippen molar-refractivity contribution in [1.82, 2.24) is 10.2 Å². The van der Waals surface area contributed by atoms with E-state index in [2.05, 4.69) is 28.2 Å². The van der Waals surface area contributed by atoms with Crippen molar-refractivity contribution < 1.29 is 9.84 Å². The smallest absolute Gasteiger partial charge is 0.194 e. The number of aliphatic hydroxyl groups excluding tert-OH is 1. The highest BCUT2D eigenvalue weighted by molar-refractivity contribution is 5.80. The number of β-amino-alcohol motifs (C(OH)–C–C–N with tert-alkyl or cyclic N) is 1. The van der Waals surface area contributed by atoms with Crippen LogP contribution in [-0.2, 0) is 4.74 Å². The van der Waals surface area contributed by atoms with E-state index in [9.17, 15) is 5.11 Å². The molecule has 0 radical (unpaired) electrons. The number of ether oxygens (including phenoxy) is 1. The van der Waals surface area contributed by atoms with Gasteiger partial charge in [-0.3, -0.25) is 4.99 Å². The first-order chi connectivity index (χ1) is 9.29. The van der Waals surface area contributed by atoms with Gasteiger partial charge in [0.2, 0.25) is 0 Å². The summed E-state index contributed by atoms with van der Waals surface area (Å²) in [6.45, 7) is 6.92. The third kappa shape index (κ3) is 4.51. The molecule has 2 heterocycles. The Morgan fingerprint density at radius 2 is 2.53 bits per heavy atom. The maximum absolute atomic E-state index is 9.60. The fraction of sp³-hybridized carbons (Fsp3) is 0.786. The molecule has 108 valence electrons. The summed E-state index contributed by atoms with van der Waals surface area (Å²) in [4.78, 5) is 6.81. The van der Waals surface area contributed by atoms with Crippen molar-refractivity contribution in [2.75, 3.05) is 39.4 Å². The number of hydrogen-bond acceptors (Lipinski definition) is 3. The first-order valence-corrected chi connectivity index (χ1v) is 7.26. The van der Waals surface area contributed by atoms with Gasteiger partial charge in [-0.15, -0.1) is 0 Å². The van der Waals surface area contributed by atoms with Crippen LogP contribution in [0.4, 0.5) is 0 Å². The summed E-state index contributed by atoms with van der Waals surface area (Å²) in [5.74, 6) is 0.937. The molecule has 0 spiro atoms. The summed E-state index contributed by atoms with van der Waals surface area (Å²) in [5.41, 5.74) is 1.45. The van der Waals surface area contributed by atoms with Gasteiger partial charge in [-0.1, -0.05) is 11.6 Å². The molecule has 1 fully saturated rings. The molecular weight excluding hydrogens is 242 g/mol. The summed E-state index contributed by atoms with van der Waals surface area (Å²) >= 11 is 0. The molecule has 0 amide bonds. The third-order valence-electron chi connectivity index (χ3n) is 3.55. The van der Waals surface area contributed by atoms with Crippen LogP contribution in [0.2, 0.25) is 0 Å². The monoisotopic (exact) mass is 267 g/mol. The lowest BCUT2D eigenvalue weighted by Gasteiger charge is -2.21. The highest BCUT2D eigenvalue weighted by Crippen LogP contribution is 2.12. The standard InChI is InChI=1S/C14H25N3O2/c1-2-15-14(17-8-4-13(18)11-17)16-7-3-12-5-9-19-10-6-12/h5,13,18H,2-4,6-11H2,1H3,(H,15,16)/t13-/m1/s1. The maximum atomic E-state index is 9.60. The molecule has 5 nitrogen and oxygen atoms in total. The van der Waals surface area contributed by atoms with E-state index in [1.807, 2.05) is 0 Å². The SMILES string of the molecule is CCNC(=NCCC1=CCOCC1)N1CC[C@@H](O)C1. The number of guanidine groups is 1. The average molecular weight is 267 g/mol. The molecule has 2 rings (SSSR count). The number of likely N-dealkylation sites (tertiary alicyclic amines) is 1. The zero-order valence-corrected chi connectivity index (χ0v) is 11.8. The van der Waals surface area contributed by atoms with Gasteiger partial charge < -0.3 is 20.1 Å². The van der Waals surface area contributed by atoms with E-state index in [0.29, 0.717) is 6.54 Å². The normalized spacial score (nSPS) is 24.5. The Labute approximate surface area is 115 Å². The van der Waals surface area contributed by atoms with Gasteiger partial charge in [-0.05, 0) is 26.2 Å². The van der Waals surface area contributed by atoms with Crippen molar-refractivity contribution in [1.29, 1.82) is 0 Å². The minimum absolute atomic E-state index is 0.206. The largest absolute Gasteiger partial charge is 0.391 e. The van der Waals surface area contributed by atoms with E-state index in [1.165, 1.54) is 5.57 Å². The van der Waals surface area contributed by atoms with E-state index in [-0.39, 0.29) is 6.10 Å². The first kappa shape index (κ1) is 14.3. The number of nitrogens with zero attached hydrogens (tertiary/aromatic N) is 2. The van der Waals surface area contributed by atoms with Crippen molar-refractivity contribution in [2.24, 2.45) is 4.99 Å². The highest BCUT2D eigenvalue weighted by Gasteiger charge is 2.22. The Balaban J connectivity index is 1.83. The van der Waals surface area contributed by atoms with Gasteiger partial charge in [0.1, 0.15) is 0 Å². The average Bonchev–Trinajstić information content (AvgIpc) is 2.86. The number of aliphatic imine (C=N–C) groups is 1. The second-order valence-electron chi connectivity index (χ2n) is 5.06. The van der Waals surface area contributed by atoms with Crippen LogP contribution in [0, 0.1) is 0 Å². The number of hydrogen-bond donors (Lipinski definition) is 2. The first-order valence-electron chi connectivity index (χ1n) is 7.26. The summed E-state index contributed by atoms with van der Waals surface area (Å²) < 4.78 is 5.30. The molecule has 1 atom stereocenters. The minimum atomic E-state index is -0.206.